The Morgan fingerprint density at radius 1 is 0.697 bits per heavy atom. The van der Waals surface area contributed by atoms with Gasteiger partial charge in [-0.2, -0.15) is 0 Å². The van der Waals surface area contributed by atoms with Crippen molar-refractivity contribution in [3.8, 4) is 17.2 Å². The number of ether oxygens (including phenoxy) is 2. The lowest BCUT2D eigenvalue weighted by molar-refractivity contribution is 0.250. The summed E-state index contributed by atoms with van der Waals surface area (Å²) in [5.41, 5.74) is 7.53. The highest BCUT2D eigenvalue weighted by molar-refractivity contribution is 5.45. The van der Waals surface area contributed by atoms with Crippen LogP contribution < -0.4 is 9.47 Å². The maximum absolute atomic E-state index is 6.20. The molecule has 170 valence electrons. The van der Waals surface area contributed by atoms with Crippen LogP contribution in [0.3, 0.4) is 0 Å². The smallest absolute Gasteiger partial charge is 0.127 e. The Bertz CT molecular complexity index is 1200. The zero-order valence-electron chi connectivity index (χ0n) is 20.6. The summed E-state index contributed by atoms with van der Waals surface area (Å²) in [6.45, 7) is 13.0. The molecule has 4 rings (SSSR count). The molecule has 0 saturated heterocycles. The van der Waals surface area contributed by atoms with Gasteiger partial charge >= 0.3 is 0 Å². The van der Waals surface area contributed by atoms with Crippen LogP contribution in [-0.2, 0) is 5.41 Å². The lowest BCUT2D eigenvalue weighted by atomic mass is 9.75. The van der Waals surface area contributed by atoms with Gasteiger partial charge in [-0.3, -0.25) is 0 Å². The van der Waals surface area contributed by atoms with Crippen LogP contribution in [0.2, 0.25) is 0 Å². The summed E-state index contributed by atoms with van der Waals surface area (Å²) in [4.78, 5) is 0. The highest BCUT2D eigenvalue weighted by Crippen LogP contribution is 2.36. The minimum Gasteiger partial charge on any atom is -0.486 e. The standard InChI is InChI=1S/C31H34O2/c1-21-7-13-29(19-23(21)3)32-27-15-9-25(10-16-27)31(5,6)26-11-17-28(18-12-26)33-30-14-8-22(2)24(4)20-30/h7-17,19-20,28H,18H2,1-6H3. The molecule has 0 amide bonds. The second kappa shape index (κ2) is 9.31. The van der Waals surface area contributed by atoms with E-state index < -0.39 is 0 Å². The first kappa shape index (κ1) is 22.9. The molecule has 0 aromatic heterocycles. The summed E-state index contributed by atoms with van der Waals surface area (Å²) in [5, 5.41) is 0. The molecule has 3 aromatic carbocycles. The minimum absolute atomic E-state index is 0.0698. The molecule has 3 aromatic rings. The topological polar surface area (TPSA) is 18.5 Å². The van der Waals surface area contributed by atoms with Gasteiger partial charge in [0, 0.05) is 11.8 Å². The lowest BCUT2D eigenvalue weighted by Crippen LogP contribution is -2.23. The maximum Gasteiger partial charge on any atom is 0.127 e. The van der Waals surface area contributed by atoms with Crippen molar-refractivity contribution >= 4 is 0 Å². The molecule has 2 heteroatoms. The Morgan fingerprint density at radius 2 is 1.27 bits per heavy atom. The van der Waals surface area contributed by atoms with Crippen LogP contribution in [0, 0.1) is 27.7 Å². The number of hydrogen-bond donors (Lipinski definition) is 0. The molecule has 0 N–H and O–H groups in total. The van der Waals surface area contributed by atoms with Crippen molar-refractivity contribution in [1.29, 1.82) is 0 Å². The molecule has 0 bridgehead atoms. The second-order valence-corrected chi connectivity index (χ2v) is 9.65. The first-order chi connectivity index (χ1) is 15.7. The van der Waals surface area contributed by atoms with E-state index in [0.29, 0.717) is 0 Å². The molecule has 0 saturated carbocycles. The van der Waals surface area contributed by atoms with E-state index in [1.54, 1.807) is 0 Å². The van der Waals surface area contributed by atoms with Gasteiger partial charge in [-0.1, -0.05) is 50.3 Å². The summed E-state index contributed by atoms with van der Waals surface area (Å²) in [6, 6.07) is 21.0. The van der Waals surface area contributed by atoms with E-state index >= 15 is 0 Å². The van der Waals surface area contributed by atoms with Crippen LogP contribution in [0.15, 0.2) is 84.5 Å². The monoisotopic (exact) mass is 438 g/mol. The maximum atomic E-state index is 6.20. The molecule has 1 aliphatic rings. The van der Waals surface area contributed by atoms with Crippen molar-refractivity contribution in [2.45, 2.75) is 59.5 Å². The zero-order chi connectivity index (χ0) is 23.6. The third kappa shape index (κ3) is 5.22. The Morgan fingerprint density at radius 3 is 1.85 bits per heavy atom. The van der Waals surface area contributed by atoms with E-state index in [1.807, 2.05) is 6.07 Å². The first-order valence-corrected chi connectivity index (χ1v) is 11.7. The molecule has 0 aliphatic heterocycles. The fourth-order valence-corrected chi connectivity index (χ4v) is 4.13. The van der Waals surface area contributed by atoms with Crippen LogP contribution >= 0.6 is 0 Å². The van der Waals surface area contributed by atoms with Gasteiger partial charge in [0.25, 0.3) is 0 Å². The van der Waals surface area contributed by atoms with Crippen LogP contribution in [-0.4, -0.2) is 6.10 Å². The molecule has 0 fully saturated rings. The average molecular weight is 439 g/mol. The van der Waals surface area contributed by atoms with Gasteiger partial charge < -0.3 is 9.47 Å². The number of benzene rings is 3. The van der Waals surface area contributed by atoms with Crippen LogP contribution in [0.4, 0.5) is 0 Å². The quantitative estimate of drug-likeness (QED) is 0.385. The minimum atomic E-state index is -0.0963. The molecule has 33 heavy (non-hydrogen) atoms. The van der Waals surface area contributed by atoms with Crippen LogP contribution in [0.25, 0.3) is 0 Å². The Kier molecular flexibility index (Phi) is 6.47. The third-order valence-corrected chi connectivity index (χ3v) is 6.84. The van der Waals surface area contributed by atoms with Gasteiger partial charge in [0.05, 0.1) is 0 Å². The summed E-state index contributed by atoms with van der Waals surface area (Å²) in [5.74, 6) is 2.66. The molecule has 0 spiro atoms. The fraction of sp³-hybridized carbons (Fsp3) is 0.290. The summed E-state index contributed by atoms with van der Waals surface area (Å²) in [6.07, 6.45) is 7.65. The van der Waals surface area contributed by atoms with E-state index in [9.17, 15) is 0 Å². The van der Waals surface area contributed by atoms with Gasteiger partial charge in [0.2, 0.25) is 0 Å². The number of allylic oxidation sites excluding steroid dienone is 2. The average Bonchev–Trinajstić information content (AvgIpc) is 2.80. The molecular formula is C31H34O2. The van der Waals surface area contributed by atoms with Crippen molar-refractivity contribution < 1.29 is 9.47 Å². The van der Waals surface area contributed by atoms with E-state index in [2.05, 4.69) is 114 Å². The molecule has 1 aliphatic carbocycles. The molecule has 0 radical (unpaired) electrons. The van der Waals surface area contributed by atoms with E-state index in [-0.39, 0.29) is 11.5 Å². The Hall–Kier alpha value is -3.26. The van der Waals surface area contributed by atoms with Crippen molar-refractivity contribution in [3.05, 3.63) is 112 Å². The van der Waals surface area contributed by atoms with Gasteiger partial charge in [0.1, 0.15) is 23.4 Å². The van der Waals surface area contributed by atoms with Crippen molar-refractivity contribution in [2.24, 2.45) is 0 Å². The van der Waals surface area contributed by atoms with Crippen molar-refractivity contribution in [3.63, 3.8) is 0 Å². The van der Waals surface area contributed by atoms with Gasteiger partial charge in [0.15, 0.2) is 0 Å². The van der Waals surface area contributed by atoms with E-state index in [4.69, 9.17) is 9.47 Å². The van der Waals surface area contributed by atoms with E-state index in [0.717, 1.165) is 23.7 Å². The number of aryl methyl sites for hydroxylation is 4. The molecular weight excluding hydrogens is 404 g/mol. The Balaban J connectivity index is 1.42. The molecule has 2 nitrogen and oxygen atoms in total. The zero-order valence-corrected chi connectivity index (χ0v) is 20.6. The van der Waals surface area contributed by atoms with E-state index in [1.165, 1.54) is 33.4 Å². The van der Waals surface area contributed by atoms with Crippen molar-refractivity contribution in [1.82, 2.24) is 0 Å². The van der Waals surface area contributed by atoms with Gasteiger partial charge in [-0.15, -0.1) is 0 Å². The predicted octanol–water partition coefficient (Wildman–Crippen LogP) is 8.32. The Labute approximate surface area is 198 Å². The third-order valence-electron chi connectivity index (χ3n) is 6.84. The molecule has 0 heterocycles. The normalized spacial score (nSPS) is 15.8. The second-order valence-electron chi connectivity index (χ2n) is 9.65. The number of rotatable bonds is 6. The van der Waals surface area contributed by atoms with Crippen LogP contribution in [0.5, 0.6) is 17.2 Å². The largest absolute Gasteiger partial charge is 0.486 e. The van der Waals surface area contributed by atoms with Gasteiger partial charge in [-0.25, -0.2) is 0 Å². The summed E-state index contributed by atoms with van der Waals surface area (Å²) in [7, 11) is 0. The van der Waals surface area contributed by atoms with Gasteiger partial charge in [-0.05, 0) is 104 Å². The highest BCUT2D eigenvalue weighted by Gasteiger charge is 2.26. The SMILES string of the molecule is Cc1ccc(Oc2ccc(C(C)(C)C3=CCC(Oc4ccc(C)c(C)c4)C=C3)cc2)cc1C. The first-order valence-electron chi connectivity index (χ1n) is 11.7. The number of hydrogen-bond acceptors (Lipinski definition) is 2. The summed E-state index contributed by atoms with van der Waals surface area (Å²) < 4.78 is 12.3. The lowest BCUT2D eigenvalue weighted by Gasteiger charge is -2.30. The fourth-order valence-electron chi connectivity index (χ4n) is 4.13. The summed E-state index contributed by atoms with van der Waals surface area (Å²) >= 11 is 0. The van der Waals surface area contributed by atoms with Crippen molar-refractivity contribution in [2.75, 3.05) is 0 Å². The molecule has 1 atom stereocenters. The van der Waals surface area contributed by atoms with Crippen LogP contribution in [0.1, 0.15) is 48.1 Å². The highest BCUT2D eigenvalue weighted by atomic mass is 16.5. The molecule has 1 unspecified atom stereocenters. The predicted molar refractivity (Wildman–Crippen MR) is 138 cm³/mol.